The average molecular weight is 467 g/mol. The number of benzene rings is 1. The van der Waals surface area contributed by atoms with Gasteiger partial charge in [0, 0.05) is 25.0 Å². The monoisotopic (exact) mass is 466 g/mol. The van der Waals surface area contributed by atoms with Gasteiger partial charge in [0.05, 0.1) is 10.6 Å². The first-order valence-electron chi connectivity index (χ1n) is 8.85. The molecule has 2 aromatic heterocycles. The van der Waals surface area contributed by atoms with E-state index >= 15 is 0 Å². The van der Waals surface area contributed by atoms with Gasteiger partial charge in [-0.3, -0.25) is 5.32 Å². The molecule has 1 aromatic carbocycles. The largest absolute Gasteiger partial charge is 0.477 e. The highest BCUT2D eigenvalue weighted by Gasteiger charge is 2.31. The fraction of sp³-hybridized carbons (Fsp3) is 0.100. The Morgan fingerprint density at radius 2 is 1.78 bits per heavy atom. The van der Waals surface area contributed by atoms with Gasteiger partial charge < -0.3 is 15.2 Å². The second kappa shape index (κ2) is 9.52. The first-order valence-corrected chi connectivity index (χ1v) is 9.23. The van der Waals surface area contributed by atoms with Gasteiger partial charge in [-0.25, -0.2) is 19.6 Å². The summed E-state index contributed by atoms with van der Waals surface area (Å²) in [7, 11) is 0. The first-order chi connectivity index (χ1) is 15.1. The predicted molar refractivity (Wildman–Crippen MR) is 108 cm³/mol. The third kappa shape index (κ3) is 6.08. The molecule has 0 fully saturated rings. The molecule has 0 spiro atoms. The summed E-state index contributed by atoms with van der Waals surface area (Å²) in [5.41, 5.74) is -0.487. The van der Waals surface area contributed by atoms with Crippen LogP contribution in [-0.4, -0.2) is 27.1 Å². The second-order valence-corrected chi connectivity index (χ2v) is 6.70. The van der Waals surface area contributed by atoms with Gasteiger partial charge in [-0.05, 0) is 29.8 Å². The number of ether oxygens (including phenoxy) is 1. The van der Waals surface area contributed by atoms with E-state index in [2.05, 4.69) is 20.6 Å². The number of carboxylic acids is 1. The van der Waals surface area contributed by atoms with Crippen LogP contribution in [0.2, 0.25) is 5.02 Å². The van der Waals surface area contributed by atoms with Crippen molar-refractivity contribution < 1.29 is 32.6 Å². The van der Waals surface area contributed by atoms with Crippen molar-refractivity contribution in [1.82, 2.24) is 15.3 Å². The zero-order chi connectivity index (χ0) is 23.3. The molecule has 3 rings (SSSR count). The maximum absolute atomic E-state index is 12.6. The highest BCUT2D eigenvalue weighted by molar-refractivity contribution is 6.33. The number of carbonyl (C=O) groups is 2. The van der Waals surface area contributed by atoms with Crippen LogP contribution in [0.15, 0.2) is 54.9 Å². The molecule has 2 heterocycles. The van der Waals surface area contributed by atoms with Gasteiger partial charge in [-0.15, -0.1) is 0 Å². The number of rotatable bonds is 6. The Morgan fingerprint density at radius 1 is 1.06 bits per heavy atom. The molecular formula is C20H14ClF3N4O4. The van der Waals surface area contributed by atoms with Crippen molar-refractivity contribution in [3.63, 3.8) is 0 Å². The molecule has 0 aliphatic rings. The number of hydrogen-bond acceptors (Lipinski definition) is 5. The van der Waals surface area contributed by atoms with E-state index in [0.717, 1.165) is 0 Å². The van der Waals surface area contributed by atoms with E-state index in [9.17, 15) is 22.8 Å². The SMILES string of the molecule is O=C(NCc1ccc(Oc2ccnc(C(=O)O)c2)cc1)Nc1ncc(C(F)(F)F)cc1Cl. The number of pyridine rings is 2. The number of alkyl halides is 3. The Labute approximate surface area is 184 Å². The minimum atomic E-state index is -4.59. The van der Waals surface area contributed by atoms with Crippen molar-refractivity contribution in [2.24, 2.45) is 0 Å². The summed E-state index contributed by atoms with van der Waals surface area (Å²) in [5, 5.41) is 13.4. The van der Waals surface area contributed by atoms with Crippen LogP contribution in [0.25, 0.3) is 0 Å². The van der Waals surface area contributed by atoms with Crippen molar-refractivity contribution in [3.05, 3.63) is 76.7 Å². The molecule has 2 amide bonds. The number of nitrogens with one attached hydrogen (secondary N) is 2. The van der Waals surface area contributed by atoms with Crippen molar-refractivity contribution >= 4 is 29.4 Å². The molecular weight excluding hydrogens is 453 g/mol. The molecule has 0 saturated heterocycles. The fourth-order valence-electron chi connectivity index (χ4n) is 2.42. The normalized spacial score (nSPS) is 11.0. The summed E-state index contributed by atoms with van der Waals surface area (Å²) in [5.74, 6) is -0.660. The van der Waals surface area contributed by atoms with Crippen LogP contribution in [-0.2, 0) is 12.7 Å². The van der Waals surface area contributed by atoms with Crippen molar-refractivity contribution in [1.29, 1.82) is 0 Å². The Kier molecular flexibility index (Phi) is 6.79. The number of aromatic nitrogens is 2. The van der Waals surface area contributed by atoms with Crippen molar-refractivity contribution in [2.45, 2.75) is 12.7 Å². The predicted octanol–water partition coefficient (Wildman–Crippen LogP) is 4.96. The summed E-state index contributed by atoms with van der Waals surface area (Å²) >= 11 is 5.75. The maximum atomic E-state index is 12.6. The first kappa shape index (κ1) is 22.8. The number of aromatic carboxylic acids is 1. The maximum Gasteiger partial charge on any atom is 0.417 e. The number of nitrogens with zero attached hydrogens (tertiary/aromatic N) is 2. The van der Waals surface area contributed by atoms with E-state index in [4.69, 9.17) is 21.4 Å². The molecule has 3 aromatic rings. The Morgan fingerprint density at radius 3 is 2.41 bits per heavy atom. The highest BCUT2D eigenvalue weighted by Crippen LogP contribution is 2.32. The molecule has 12 heteroatoms. The smallest absolute Gasteiger partial charge is 0.417 e. The summed E-state index contributed by atoms with van der Waals surface area (Å²) in [6, 6.07) is 9.31. The molecule has 32 heavy (non-hydrogen) atoms. The van der Waals surface area contributed by atoms with E-state index < -0.39 is 23.7 Å². The molecule has 3 N–H and O–H groups in total. The van der Waals surface area contributed by atoms with Gasteiger partial charge >= 0.3 is 18.2 Å². The zero-order valence-corrected chi connectivity index (χ0v) is 16.7. The quantitative estimate of drug-likeness (QED) is 0.473. The Bertz CT molecular complexity index is 1140. The lowest BCUT2D eigenvalue weighted by Crippen LogP contribution is -2.28. The molecule has 8 nitrogen and oxygen atoms in total. The molecule has 0 atom stereocenters. The summed E-state index contributed by atoms with van der Waals surface area (Å²) < 4.78 is 43.5. The number of urea groups is 1. The third-order valence-electron chi connectivity index (χ3n) is 3.96. The number of carbonyl (C=O) groups excluding carboxylic acids is 1. The van der Waals surface area contributed by atoms with E-state index in [-0.39, 0.29) is 23.1 Å². The lowest BCUT2D eigenvalue weighted by molar-refractivity contribution is -0.137. The van der Waals surface area contributed by atoms with Crippen LogP contribution in [0.3, 0.4) is 0 Å². The second-order valence-electron chi connectivity index (χ2n) is 6.29. The van der Waals surface area contributed by atoms with Crippen molar-refractivity contribution in [2.75, 3.05) is 5.32 Å². The van der Waals surface area contributed by atoms with Gasteiger partial charge in [-0.1, -0.05) is 23.7 Å². The zero-order valence-electron chi connectivity index (χ0n) is 16.0. The number of hydrogen-bond donors (Lipinski definition) is 3. The Hall–Kier alpha value is -3.86. The highest BCUT2D eigenvalue weighted by atomic mass is 35.5. The van der Waals surface area contributed by atoms with Crippen LogP contribution in [0.4, 0.5) is 23.8 Å². The minimum Gasteiger partial charge on any atom is -0.477 e. The standard InChI is InChI=1S/C20H14ClF3N4O4/c21-15-7-12(20(22,23)24)10-26-17(15)28-19(31)27-9-11-1-3-13(4-2-11)32-14-5-6-25-16(8-14)18(29)30/h1-8,10H,9H2,(H,29,30)(H2,26,27,28,31). The average Bonchev–Trinajstić information content (AvgIpc) is 2.74. The lowest BCUT2D eigenvalue weighted by atomic mass is 10.2. The Balaban J connectivity index is 1.54. The summed E-state index contributed by atoms with van der Waals surface area (Å²) in [4.78, 5) is 30.2. The van der Waals surface area contributed by atoms with Crippen molar-refractivity contribution in [3.8, 4) is 11.5 Å². The van der Waals surface area contributed by atoms with E-state index in [0.29, 0.717) is 29.3 Å². The molecule has 0 radical (unpaired) electrons. The molecule has 0 bridgehead atoms. The topological polar surface area (TPSA) is 113 Å². The van der Waals surface area contributed by atoms with Crippen LogP contribution in [0, 0.1) is 0 Å². The van der Waals surface area contributed by atoms with E-state index in [1.54, 1.807) is 24.3 Å². The van der Waals surface area contributed by atoms with Crippen LogP contribution in [0.1, 0.15) is 21.6 Å². The fourth-order valence-corrected chi connectivity index (χ4v) is 2.64. The van der Waals surface area contributed by atoms with E-state index in [1.807, 2.05) is 0 Å². The molecule has 166 valence electrons. The molecule has 0 aliphatic carbocycles. The molecule has 0 saturated carbocycles. The third-order valence-corrected chi connectivity index (χ3v) is 4.25. The van der Waals surface area contributed by atoms with Crippen LogP contribution < -0.4 is 15.4 Å². The summed E-state index contributed by atoms with van der Waals surface area (Å²) in [6.45, 7) is 0.1000. The summed E-state index contributed by atoms with van der Waals surface area (Å²) in [6.07, 6.45) is -2.71. The van der Waals surface area contributed by atoms with Gasteiger partial charge in [0.1, 0.15) is 11.5 Å². The molecule has 0 aliphatic heterocycles. The number of amides is 2. The van der Waals surface area contributed by atoms with Gasteiger partial charge in [0.15, 0.2) is 11.5 Å². The molecule has 0 unspecified atom stereocenters. The van der Waals surface area contributed by atoms with E-state index in [1.165, 1.54) is 18.3 Å². The number of halogens is 4. The van der Waals surface area contributed by atoms with Gasteiger partial charge in [-0.2, -0.15) is 13.2 Å². The van der Waals surface area contributed by atoms with Crippen LogP contribution in [0.5, 0.6) is 11.5 Å². The van der Waals surface area contributed by atoms with Gasteiger partial charge in [0.25, 0.3) is 0 Å². The number of anilines is 1. The number of carboxylic acid groups (broad SMARTS) is 1. The lowest BCUT2D eigenvalue weighted by Gasteiger charge is -2.11. The van der Waals surface area contributed by atoms with Gasteiger partial charge in [0.2, 0.25) is 0 Å². The van der Waals surface area contributed by atoms with Crippen LogP contribution >= 0.6 is 11.6 Å². The minimum absolute atomic E-state index is 0.1000.